The van der Waals surface area contributed by atoms with Gasteiger partial charge >= 0.3 is 12.1 Å². The number of likely N-dealkylation sites (tertiary alicyclic amines) is 1. The molecule has 2 N–H and O–H groups in total. The van der Waals surface area contributed by atoms with Crippen molar-refractivity contribution in [2.45, 2.75) is 51.1 Å². The molecule has 6 nitrogen and oxygen atoms in total. The standard InChI is InChI=1S/C15H22N2O2S.C2HF3O2/c1-11-3-4-13(20-11)9-17-7-5-15(6-8-17)12(2)16-14(18)10-19-15;3-2(4,5)1(6)7/h3-4,12H,5-10H2,1-2H3,(H,16,18);(H,6,7). The largest absolute Gasteiger partial charge is 0.490 e. The van der Waals surface area contributed by atoms with Crippen LogP contribution in [0.4, 0.5) is 13.2 Å². The van der Waals surface area contributed by atoms with E-state index in [1.807, 2.05) is 11.3 Å². The number of rotatable bonds is 2. The molecule has 1 atom stereocenters. The SMILES string of the molecule is Cc1ccc(CN2CCC3(CC2)OCC(=O)NC3C)s1.O=C(O)C(F)(F)F. The van der Waals surface area contributed by atoms with Crippen LogP contribution in [0.3, 0.4) is 0 Å². The highest BCUT2D eigenvalue weighted by Gasteiger charge is 2.44. The fourth-order valence-corrected chi connectivity index (χ4v) is 4.14. The summed E-state index contributed by atoms with van der Waals surface area (Å²) in [6.07, 6.45) is -3.09. The summed E-state index contributed by atoms with van der Waals surface area (Å²) >= 11 is 1.88. The predicted octanol–water partition coefficient (Wildman–Crippen LogP) is 2.56. The van der Waals surface area contributed by atoms with Gasteiger partial charge in [0.1, 0.15) is 6.61 Å². The first-order chi connectivity index (χ1) is 12.5. The number of hydrogen-bond acceptors (Lipinski definition) is 5. The zero-order chi connectivity index (χ0) is 20.2. The molecule has 10 heteroatoms. The van der Waals surface area contributed by atoms with Crippen LogP contribution >= 0.6 is 11.3 Å². The highest BCUT2D eigenvalue weighted by Crippen LogP contribution is 2.32. The molecule has 2 aliphatic rings. The number of halogens is 3. The number of carbonyl (C=O) groups excluding carboxylic acids is 1. The summed E-state index contributed by atoms with van der Waals surface area (Å²) in [6, 6.07) is 4.53. The number of nitrogens with one attached hydrogen (secondary N) is 1. The number of piperidine rings is 1. The minimum Gasteiger partial charge on any atom is -0.475 e. The Morgan fingerprint density at radius 2 is 2.00 bits per heavy atom. The lowest BCUT2D eigenvalue weighted by molar-refractivity contribution is -0.192. The van der Waals surface area contributed by atoms with Gasteiger partial charge in [0.05, 0.1) is 11.6 Å². The van der Waals surface area contributed by atoms with Crippen LogP contribution in [0.2, 0.25) is 0 Å². The molecule has 2 aliphatic heterocycles. The zero-order valence-electron chi connectivity index (χ0n) is 15.1. The van der Waals surface area contributed by atoms with Gasteiger partial charge in [0, 0.05) is 29.4 Å². The maximum absolute atomic E-state index is 11.4. The fraction of sp³-hybridized carbons (Fsp3) is 0.647. The van der Waals surface area contributed by atoms with Gasteiger partial charge < -0.3 is 15.2 Å². The molecule has 152 valence electrons. The maximum atomic E-state index is 11.4. The molecular weight excluding hydrogens is 385 g/mol. The highest BCUT2D eigenvalue weighted by atomic mass is 32.1. The van der Waals surface area contributed by atoms with E-state index in [2.05, 4.69) is 36.2 Å². The van der Waals surface area contributed by atoms with Crippen molar-refractivity contribution in [2.24, 2.45) is 0 Å². The average Bonchev–Trinajstić information content (AvgIpc) is 2.98. The van der Waals surface area contributed by atoms with Gasteiger partial charge in [-0.1, -0.05) is 0 Å². The molecule has 0 saturated carbocycles. The Kier molecular flexibility index (Phi) is 6.87. The lowest BCUT2D eigenvalue weighted by Crippen LogP contribution is -2.62. The van der Waals surface area contributed by atoms with E-state index in [0.717, 1.165) is 32.5 Å². The summed E-state index contributed by atoms with van der Waals surface area (Å²) in [5.74, 6) is -2.74. The van der Waals surface area contributed by atoms with E-state index in [9.17, 15) is 18.0 Å². The first-order valence-electron chi connectivity index (χ1n) is 8.53. The Hall–Kier alpha value is -1.65. The Bertz CT molecular complexity index is 669. The molecule has 0 aromatic carbocycles. The van der Waals surface area contributed by atoms with Crippen molar-refractivity contribution in [2.75, 3.05) is 19.7 Å². The van der Waals surface area contributed by atoms with E-state index in [1.165, 1.54) is 9.75 Å². The van der Waals surface area contributed by atoms with Gasteiger partial charge in [0.25, 0.3) is 0 Å². The number of thiophene rings is 1. The van der Waals surface area contributed by atoms with Crippen LogP contribution in [0.15, 0.2) is 12.1 Å². The van der Waals surface area contributed by atoms with E-state index in [-0.39, 0.29) is 24.2 Å². The van der Waals surface area contributed by atoms with E-state index < -0.39 is 12.1 Å². The molecule has 1 aromatic rings. The molecule has 0 radical (unpaired) electrons. The van der Waals surface area contributed by atoms with Gasteiger partial charge in [0.2, 0.25) is 5.91 Å². The molecule has 0 aliphatic carbocycles. The first-order valence-corrected chi connectivity index (χ1v) is 9.34. The Balaban J connectivity index is 0.000000321. The third-order valence-electron chi connectivity index (χ3n) is 4.78. The number of nitrogens with zero attached hydrogens (tertiary/aromatic N) is 1. The smallest absolute Gasteiger partial charge is 0.475 e. The molecule has 2 fully saturated rings. The third-order valence-corrected chi connectivity index (χ3v) is 5.76. The molecule has 2 saturated heterocycles. The summed E-state index contributed by atoms with van der Waals surface area (Å²) < 4.78 is 37.6. The Morgan fingerprint density at radius 1 is 1.41 bits per heavy atom. The van der Waals surface area contributed by atoms with Gasteiger partial charge in [-0.2, -0.15) is 13.2 Å². The van der Waals surface area contributed by atoms with Crippen LogP contribution in [0, 0.1) is 6.92 Å². The van der Waals surface area contributed by atoms with Crippen molar-refractivity contribution in [1.82, 2.24) is 10.2 Å². The number of morpholine rings is 1. The molecule has 3 heterocycles. The Morgan fingerprint density at radius 3 is 2.44 bits per heavy atom. The second-order valence-corrected chi connectivity index (χ2v) is 8.11. The van der Waals surface area contributed by atoms with Crippen molar-refractivity contribution in [3.8, 4) is 0 Å². The number of hydrogen-bond donors (Lipinski definition) is 2. The topological polar surface area (TPSA) is 78.9 Å². The number of amides is 1. The van der Waals surface area contributed by atoms with Gasteiger partial charge in [-0.25, -0.2) is 4.79 Å². The van der Waals surface area contributed by atoms with Crippen LogP contribution in [-0.4, -0.2) is 59.4 Å². The first kappa shape index (κ1) is 21.6. The normalized spacial score (nSPS) is 22.7. The molecule has 27 heavy (non-hydrogen) atoms. The number of carboxylic acid groups (broad SMARTS) is 1. The Labute approximate surface area is 159 Å². The molecule has 1 spiro atoms. The lowest BCUT2D eigenvalue weighted by atomic mass is 9.83. The van der Waals surface area contributed by atoms with Gasteiger partial charge in [-0.3, -0.25) is 9.69 Å². The molecule has 1 aromatic heterocycles. The minimum absolute atomic E-state index is 0.0135. The van der Waals surface area contributed by atoms with Crippen molar-refractivity contribution < 1.29 is 32.6 Å². The summed E-state index contributed by atoms with van der Waals surface area (Å²) in [5, 5.41) is 10.2. The summed E-state index contributed by atoms with van der Waals surface area (Å²) in [7, 11) is 0. The molecule has 1 unspecified atom stereocenters. The summed E-state index contributed by atoms with van der Waals surface area (Å²) in [6.45, 7) is 7.55. The number of carbonyl (C=O) groups is 2. The van der Waals surface area contributed by atoms with E-state index in [1.54, 1.807) is 0 Å². The molecule has 3 rings (SSSR count). The number of alkyl halides is 3. The van der Waals surface area contributed by atoms with Gasteiger partial charge in [0.15, 0.2) is 0 Å². The van der Waals surface area contributed by atoms with Crippen molar-refractivity contribution >= 4 is 23.2 Å². The van der Waals surface area contributed by atoms with Gasteiger partial charge in [-0.15, -0.1) is 11.3 Å². The highest BCUT2D eigenvalue weighted by molar-refractivity contribution is 7.11. The summed E-state index contributed by atoms with van der Waals surface area (Å²) in [5.41, 5.74) is -0.143. The van der Waals surface area contributed by atoms with Crippen LogP contribution in [0.5, 0.6) is 0 Å². The quantitative estimate of drug-likeness (QED) is 0.786. The van der Waals surface area contributed by atoms with Crippen molar-refractivity contribution in [3.63, 3.8) is 0 Å². The van der Waals surface area contributed by atoms with Crippen LogP contribution in [-0.2, 0) is 20.9 Å². The zero-order valence-corrected chi connectivity index (χ0v) is 16.0. The number of ether oxygens (including phenoxy) is 1. The monoisotopic (exact) mass is 408 g/mol. The minimum atomic E-state index is -5.08. The molecular formula is C17H23F3N2O4S. The molecule has 0 bridgehead atoms. The number of aliphatic carboxylic acids is 1. The lowest BCUT2D eigenvalue weighted by Gasteiger charge is -2.47. The van der Waals surface area contributed by atoms with Gasteiger partial charge in [-0.05, 0) is 38.8 Å². The second-order valence-electron chi connectivity index (χ2n) is 6.73. The van der Waals surface area contributed by atoms with Crippen LogP contribution in [0.25, 0.3) is 0 Å². The van der Waals surface area contributed by atoms with Crippen LogP contribution < -0.4 is 5.32 Å². The van der Waals surface area contributed by atoms with E-state index in [4.69, 9.17) is 14.6 Å². The number of carboxylic acids is 1. The third kappa shape index (κ3) is 5.91. The predicted molar refractivity (Wildman–Crippen MR) is 93.5 cm³/mol. The van der Waals surface area contributed by atoms with E-state index >= 15 is 0 Å². The van der Waals surface area contributed by atoms with Crippen LogP contribution in [0.1, 0.15) is 29.5 Å². The van der Waals surface area contributed by atoms with E-state index in [0.29, 0.717) is 0 Å². The molecule has 1 amide bonds. The average molecular weight is 408 g/mol. The fourth-order valence-electron chi connectivity index (χ4n) is 3.21. The number of aryl methyl sites for hydroxylation is 1. The second kappa shape index (κ2) is 8.57. The maximum Gasteiger partial charge on any atom is 0.490 e. The van der Waals surface area contributed by atoms with Crippen molar-refractivity contribution in [3.05, 3.63) is 21.9 Å². The van der Waals surface area contributed by atoms with Crippen molar-refractivity contribution in [1.29, 1.82) is 0 Å². The summed E-state index contributed by atoms with van der Waals surface area (Å²) in [4.78, 5) is 25.6.